The molecule has 29 heavy (non-hydrogen) atoms. The number of imidazole rings is 1. The molecule has 1 aliphatic heterocycles. The third-order valence-electron chi connectivity index (χ3n) is 4.52. The van der Waals surface area contributed by atoms with Gasteiger partial charge in [0.25, 0.3) is 0 Å². The number of benzene rings is 2. The van der Waals surface area contributed by atoms with Crippen LogP contribution in [0.2, 0.25) is 0 Å². The Bertz CT molecular complexity index is 1020. The summed E-state index contributed by atoms with van der Waals surface area (Å²) in [6.07, 6.45) is 5.33. The van der Waals surface area contributed by atoms with Gasteiger partial charge in [-0.25, -0.2) is 9.78 Å². The van der Waals surface area contributed by atoms with E-state index in [-0.39, 0.29) is 6.61 Å². The number of carbonyl (C=O) groups excluding carboxylic acids is 1. The maximum absolute atomic E-state index is 12.7. The summed E-state index contributed by atoms with van der Waals surface area (Å²) in [5.41, 5.74) is 2.32. The van der Waals surface area contributed by atoms with Crippen LogP contribution in [0.15, 0.2) is 60.9 Å². The van der Waals surface area contributed by atoms with Gasteiger partial charge in [0.05, 0.1) is 6.61 Å². The van der Waals surface area contributed by atoms with E-state index in [2.05, 4.69) is 4.98 Å². The maximum Gasteiger partial charge on any atom is 0.341 e. The third kappa shape index (κ3) is 4.32. The second kappa shape index (κ2) is 8.65. The molecule has 0 N–H and O–H groups in total. The van der Waals surface area contributed by atoms with Gasteiger partial charge in [0, 0.05) is 18.9 Å². The van der Waals surface area contributed by atoms with Gasteiger partial charge in [-0.3, -0.25) is 0 Å². The SMILES string of the molecule is CCOC(=O)/C(=C/c1ccc2c(c1)OCCO2)c1nccn1Cc1ccccc1. The Morgan fingerprint density at radius 3 is 2.72 bits per heavy atom. The van der Waals surface area contributed by atoms with Crippen molar-refractivity contribution >= 4 is 17.6 Å². The molecule has 0 fully saturated rings. The molecule has 2 heterocycles. The maximum atomic E-state index is 12.7. The fourth-order valence-corrected chi connectivity index (χ4v) is 3.20. The van der Waals surface area contributed by atoms with Crippen LogP contribution in [0.3, 0.4) is 0 Å². The quantitative estimate of drug-likeness (QED) is 0.473. The highest BCUT2D eigenvalue weighted by Crippen LogP contribution is 2.32. The molecular weight excluding hydrogens is 368 g/mol. The van der Waals surface area contributed by atoms with E-state index in [1.807, 2.05) is 59.3 Å². The van der Waals surface area contributed by atoms with Gasteiger partial charge in [-0.15, -0.1) is 0 Å². The molecule has 3 aromatic rings. The Morgan fingerprint density at radius 1 is 1.14 bits per heavy atom. The van der Waals surface area contributed by atoms with E-state index in [4.69, 9.17) is 14.2 Å². The molecule has 4 rings (SSSR count). The lowest BCUT2D eigenvalue weighted by Gasteiger charge is -2.18. The highest BCUT2D eigenvalue weighted by molar-refractivity contribution is 6.20. The normalized spacial score (nSPS) is 13.2. The van der Waals surface area contributed by atoms with Crippen molar-refractivity contribution in [2.75, 3.05) is 19.8 Å². The lowest BCUT2D eigenvalue weighted by molar-refractivity contribution is -0.136. The second-order valence-corrected chi connectivity index (χ2v) is 6.55. The third-order valence-corrected chi connectivity index (χ3v) is 4.52. The summed E-state index contributed by atoms with van der Waals surface area (Å²) in [4.78, 5) is 17.2. The summed E-state index contributed by atoms with van der Waals surface area (Å²) in [5.74, 6) is 1.52. The summed E-state index contributed by atoms with van der Waals surface area (Å²) in [7, 11) is 0. The molecule has 148 valence electrons. The smallest absolute Gasteiger partial charge is 0.341 e. The van der Waals surface area contributed by atoms with E-state index < -0.39 is 5.97 Å². The Labute approximate surface area is 169 Å². The highest BCUT2D eigenvalue weighted by Gasteiger charge is 2.20. The minimum atomic E-state index is -0.414. The fourth-order valence-electron chi connectivity index (χ4n) is 3.20. The largest absolute Gasteiger partial charge is 0.486 e. The first-order valence-corrected chi connectivity index (χ1v) is 9.58. The second-order valence-electron chi connectivity index (χ2n) is 6.55. The van der Waals surface area contributed by atoms with Crippen LogP contribution in [0.5, 0.6) is 11.5 Å². The summed E-state index contributed by atoms with van der Waals surface area (Å²) in [6, 6.07) is 15.6. The van der Waals surface area contributed by atoms with Crippen LogP contribution in [-0.2, 0) is 16.1 Å². The molecule has 0 saturated heterocycles. The topological polar surface area (TPSA) is 62.6 Å². The average Bonchev–Trinajstić information content (AvgIpc) is 3.20. The standard InChI is InChI=1S/C23H22N2O4/c1-2-27-23(26)19(14-18-8-9-20-21(15-18)29-13-12-28-20)22-24-10-11-25(22)16-17-6-4-3-5-7-17/h3-11,14-15H,2,12-13,16H2,1H3/b19-14+. The lowest BCUT2D eigenvalue weighted by Crippen LogP contribution is -2.15. The van der Waals surface area contributed by atoms with Crippen LogP contribution in [0.1, 0.15) is 23.9 Å². The van der Waals surface area contributed by atoms with Gasteiger partial charge < -0.3 is 18.8 Å². The van der Waals surface area contributed by atoms with Crippen LogP contribution >= 0.6 is 0 Å². The average molecular weight is 390 g/mol. The molecule has 6 nitrogen and oxygen atoms in total. The zero-order chi connectivity index (χ0) is 20.1. The number of carbonyl (C=O) groups is 1. The van der Waals surface area contributed by atoms with E-state index >= 15 is 0 Å². The van der Waals surface area contributed by atoms with Crippen LogP contribution in [0.4, 0.5) is 0 Å². The van der Waals surface area contributed by atoms with Gasteiger partial charge in [0.1, 0.15) is 24.6 Å². The van der Waals surface area contributed by atoms with Gasteiger partial charge in [-0.1, -0.05) is 36.4 Å². The van der Waals surface area contributed by atoms with E-state index in [1.54, 1.807) is 19.2 Å². The van der Waals surface area contributed by atoms with Crippen LogP contribution in [-0.4, -0.2) is 35.3 Å². The predicted octanol–water partition coefficient (Wildman–Crippen LogP) is 3.81. The Kier molecular flexibility index (Phi) is 5.61. The van der Waals surface area contributed by atoms with Gasteiger partial charge in [0.2, 0.25) is 0 Å². The Morgan fingerprint density at radius 2 is 1.93 bits per heavy atom. The number of rotatable bonds is 6. The molecule has 1 aromatic heterocycles. The molecule has 0 spiro atoms. The van der Waals surface area contributed by atoms with E-state index in [0.717, 1.165) is 11.1 Å². The van der Waals surface area contributed by atoms with E-state index in [1.165, 1.54) is 0 Å². The van der Waals surface area contributed by atoms with Crippen LogP contribution in [0.25, 0.3) is 11.6 Å². The van der Waals surface area contributed by atoms with Gasteiger partial charge in [-0.2, -0.15) is 0 Å². The number of ether oxygens (including phenoxy) is 3. The number of esters is 1. The first kappa shape index (κ1) is 18.8. The molecule has 0 bridgehead atoms. The van der Waals surface area contributed by atoms with Gasteiger partial charge >= 0.3 is 5.97 Å². The van der Waals surface area contributed by atoms with Gasteiger partial charge in [0.15, 0.2) is 11.5 Å². The highest BCUT2D eigenvalue weighted by atomic mass is 16.6. The molecule has 0 unspecified atom stereocenters. The number of hydrogen-bond donors (Lipinski definition) is 0. The summed E-state index contributed by atoms with van der Waals surface area (Å²) in [5, 5.41) is 0. The van der Waals surface area contributed by atoms with E-state index in [9.17, 15) is 4.79 Å². The minimum Gasteiger partial charge on any atom is -0.486 e. The van der Waals surface area contributed by atoms with Crippen molar-refractivity contribution in [3.8, 4) is 11.5 Å². The number of fused-ring (bicyclic) bond motifs is 1. The summed E-state index contributed by atoms with van der Waals surface area (Å²) in [6.45, 7) is 3.72. The van der Waals surface area contributed by atoms with Crippen molar-refractivity contribution in [3.05, 3.63) is 77.9 Å². The molecular formula is C23H22N2O4. The number of nitrogens with zero attached hydrogens (tertiary/aromatic N) is 2. The van der Waals surface area contributed by atoms with Crippen molar-refractivity contribution in [2.45, 2.75) is 13.5 Å². The molecule has 0 atom stereocenters. The summed E-state index contributed by atoms with van der Waals surface area (Å²) < 4.78 is 18.5. The fraction of sp³-hybridized carbons (Fsp3) is 0.217. The number of hydrogen-bond acceptors (Lipinski definition) is 5. The molecule has 0 amide bonds. The van der Waals surface area contributed by atoms with Crippen LogP contribution < -0.4 is 9.47 Å². The molecule has 0 radical (unpaired) electrons. The first-order valence-electron chi connectivity index (χ1n) is 9.58. The monoisotopic (exact) mass is 390 g/mol. The molecule has 2 aromatic carbocycles. The Balaban J connectivity index is 1.71. The van der Waals surface area contributed by atoms with Crippen molar-refractivity contribution < 1.29 is 19.0 Å². The van der Waals surface area contributed by atoms with Gasteiger partial charge in [-0.05, 0) is 36.3 Å². The van der Waals surface area contributed by atoms with Crippen molar-refractivity contribution in [2.24, 2.45) is 0 Å². The lowest BCUT2D eigenvalue weighted by atomic mass is 10.1. The first-order chi connectivity index (χ1) is 14.2. The molecule has 0 aliphatic carbocycles. The predicted molar refractivity (Wildman–Crippen MR) is 110 cm³/mol. The molecule has 0 saturated carbocycles. The zero-order valence-electron chi connectivity index (χ0n) is 16.2. The number of aromatic nitrogens is 2. The summed E-state index contributed by atoms with van der Waals surface area (Å²) >= 11 is 0. The minimum absolute atomic E-state index is 0.288. The van der Waals surface area contributed by atoms with Crippen molar-refractivity contribution in [1.29, 1.82) is 0 Å². The van der Waals surface area contributed by atoms with Crippen molar-refractivity contribution in [3.63, 3.8) is 0 Å². The molecule has 1 aliphatic rings. The molecule has 6 heteroatoms. The Hall–Kier alpha value is -3.54. The van der Waals surface area contributed by atoms with Crippen LogP contribution in [0, 0.1) is 0 Å². The van der Waals surface area contributed by atoms with Crippen molar-refractivity contribution in [1.82, 2.24) is 9.55 Å². The van der Waals surface area contributed by atoms with E-state index in [0.29, 0.717) is 42.7 Å². The zero-order valence-corrected chi connectivity index (χ0v) is 16.2.